The van der Waals surface area contributed by atoms with Crippen molar-refractivity contribution in [3.63, 3.8) is 0 Å². The van der Waals surface area contributed by atoms with Crippen LogP contribution in [0.2, 0.25) is 0 Å². The van der Waals surface area contributed by atoms with Crippen LogP contribution in [-0.4, -0.2) is 144 Å². The zero-order valence-electron chi connectivity index (χ0n) is 30.8. The number of nitrogens with zero attached hydrogens (tertiary/aromatic N) is 10. The minimum absolute atomic E-state index is 0.00334. The van der Waals surface area contributed by atoms with Crippen LogP contribution in [0.1, 0.15) is 46.1 Å². The lowest BCUT2D eigenvalue weighted by molar-refractivity contribution is -0.136. The summed E-state index contributed by atoms with van der Waals surface area (Å²) in [6, 6.07) is 11.7. The molecule has 0 unspecified atom stereocenters. The van der Waals surface area contributed by atoms with Gasteiger partial charge in [-0.1, -0.05) is 0 Å². The molecule has 14 heteroatoms. The first-order valence-corrected chi connectivity index (χ1v) is 18.6. The predicted molar refractivity (Wildman–Crippen MR) is 198 cm³/mol. The van der Waals surface area contributed by atoms with E-state index in [-0.39, 0.29) is 18.1 Å². The molecule has 0 saturated carbocycles. The Morgan fingerprint density at radius 2 is 1.69 bits per heavy atom. The number of benzene rings is 1. The highest BCUT2D eigenvalue weighted by Gasteiger charge is 2.39. The average Bonchev–Trinajstić information content (AvgIpc) is 3.64. The Morgan fingerprint density at radius 3 is 2.44 bits per heavy atom. The van der Waals surface area contributed by atoms with E-state index in [4.69, 9.17) is 14.5 Å². The topological polar surface area (TPSA) is 134 Å². The summed E-state index contributed by atoms with van der Waals surface area (Å²) in [5, 5.41) is 10.6. The number of hydrogen-bond donors (Lipinski definition) is 0. The van der Waals surface area contributed by atoms with Gasteiger partial charge in [-0.3, -0.25) is 19.6 Å². The van der Waals surface area contributed by atoms with E-state index in [9.17, 15) is 14.9 Å². The lowest BCUT2D eigenvalue weighted by atomic mass is 10.1. The van der Waals surface area contributed by atoms with Gasteiger partial charge in [0.15, 0.2) is 0 Å². The zero-order valence-corrected chi connectivity index (χ0v) is 30.8. The van der Waals surface area contributed by atoms with Gasteiger partial charge in [-0.15, -0.1) is 0 Å². The lowest BCUT2D eigenvalue weighted by Crippen LogP contribution is -2.55. The number of hydrogen-bond acceptors (Lipinski definition) is 12. The van der Waals surface area contributed by atoms with Gasteiger partial charge < -0.3 is 29.1 Å². The quantitative estimate of drug-likeness (QED) is 0.372. The summed E-state index contributed by atoms with van der Waals surface area (Å²) in [4.78, 5) is 53.1. The van der Waals surface area contributed by atoms with Crippen molar-refractivity contribution in [3.05, 3.63) is 48.3 Å². The second-order valence-electron chi connectivity index (χ2n) is 15.3. The minimum Gasteiger partial charge on any atom is -0.444 e. The zero-order chi connectivity index (χ0) is 36.4. The number of aromatic nitrogens is 3. The van der Waals surface area contributed by atoms with E-state index in [1.165, 1.54) is 0 Å². The molecule has 3 aromatic rings. The summed E-state index contributed by atoms with van der Waals surface area (Å²) in [5.41, 5.74) is 1.83. The number of anilines is 3. The van der Waals surface area contributed by atoms with Crippen LogP contribution in [0.15, 0.2) is 42.7 Å². The highest BCUT2D eigenvalue weighted by Crippen LogP contribution is 2.31. The van der Waals surface area contributed by atoms with Crippen molar-refractivity contribution < 1.29 is 19.1 Å². The first-order chi connectivity index (χ1) is 25.1. The standard InChI is InChI=1S/C38H50N10O4/c1-27-24-47(31-10-9-28(23-39)34-30(31)7-5-12-40-34)26-29(51-27)25-43-15-17-44(18-16-43)33-11-13-41-36(42-33)46-21-19-45(20-22-46)35(49)32-8-6-14-48(32)37(50)52-38(2,3)4/h5,7,9-13,27,29,32H,6,8,14-22,24-26H2,1-4H3/t27-,29+,32-/m1/s1. The summed E-state index contributed by atoms with van der Waals surface area (Å²) in [6.07, 6.45) is 4.75. The number of rotatable bonds is 6. The first kappa shape index (κ1) is 35.7. The number of amides is 2. The van der Waals surface area contributed by atoms with Gasteiger partial charge in [-0.05, 0) is 70.9 Å². The van der Waals surface area contributed by atoms with Gasteiger partial charge in [0.1, 0.15) is 23.5 Å². The fourth-order valence-corrected chi connectivity index (χ4v) is 7.88. The molecule has 3 atom stereocenters. The number of morpholine rings is 1. The summed E-state index contributed by atoms with van der Waals surface area (Å²) in [6.45, 7) is 16.5. The number of carbonyl (C=O) groups is 2. The van der Waals surface area contributed by atoms with Crippen LogP contribution in [0.25, 0.3) is 10.9 Å². The van der Waals surface area contributed by atoms with E-state index in [2.05, 4.69) is 42.6 Å². The van der Waals surface area contributed by atoms with E-state index >= 15 is 0 Å². The predicted octanol–water partition coefficient (Wildman–Crippen LogP) is 3.36. The molecule has 0 N–H and O–H groups in total. The van der Waals surface area contributed by atoms with Gasteiger partial charge in [0.2, 0.25) is 11.9 Å². The molecule has 0 spiro atoms. The number of nitriles is 1. The molecule has 2 amide bonds. The van der Waals surface area contributed by atoms with Crippen molar-refractivity contribution in [2.75, 3.05) is 93.2 Å². The Labute approximate surface area is 305 Å². The van der Waals surface area contributed by atoms with E-state index in [1.807, 2.05) is 62.2 Å². The number of fused-ring (bicyclic) bond motifs is 1. The number of ether oxygens (including phenoxy) is 2. The second-order valence-corrected chi connectivity index (χ2v) is 15.3. The van der Waals surface area contributed by atoms with Crippen LogP contribution in [-0.2, 0) is 14.3 Å². The monoisotopic (exact) mass is 710 g/mol. The SMILES string of the molecule is C[C@@H]1CN(c2ccc(C#N)c3ncccc23)C[C@H](CN2CCN(c3ccnc(N4CCN(C(=O)[C@H]5CCCN5C(=O)OC(C)(C)C)CC4)n3)CC2)O1. The molecular weight excluding hydrogens is 660 g/mol. The Kier molecular flexibility index (Phi) is 10.3. The minimum atomic E-state index is -0.601. The Morgan fingerprint density at radius 1 is 0.923 bits per heavy atom. The molecule has 0 bridgehead atoms. The number of carbonyl (C=O) groups excluding carboxylic acids is 2. The van der Waals surface area contributed by atoms with Gasteiger partial charge in [0.25, 0.3) is 0 Å². The third-order valence-electron chi connectivity index (χ3n) is 10.4. The van der Waals surface area contributed by atoms with Crippen molar-refractivity contribution in [2.45, 2.75) is 64.4 Å². The van der Waals surface area contributed by atoms with Crippen molar-refractivity contribution in [2.24, 2.45) is 0 Å². The van der Waals surface area contributed by atoms with E-state index in [0.29, 0.717) is 50.7 Å². The van der Waals surface area contributed by atoms with E-state index < -0.39 is 17.7 Å². The third-order valence-corrected chi connectivity index (χ3v) is 10.4. The molecule has 52 heavy (non-hydrogen) atoms. The van der Waals surface area contributed by atoms with Crippen LogP contribution in [0.3, 0.4) is 0 Å². The highest BCUT2D eigenvalue weighted by molar-refractivity contribution is 5.95. The molecule has 1 aromatic carbocycles. The molecule has 4 saturated heterocycles. The summed E-state index contributed by atoms with van der Waals surface area (Å²) in [5.74, 6) is 1.59. The average molecular weight is 711 g/mol. The fourth-order valence-electron chi connectivity index (χ4n) is 7.88. The number of pyridine rings is 1. The van der Waals surface area contributed by atoms with Crippen LogP contribution < -0.4 is 14.7 Å². The van der Waals surface area contributed by atoms with Gasteiger partial charge >= 0.3 is 6.09 Å². The molecule has 14 nitrogen and oxygen atoms in total. The number of likely N-dealkylation sites (tertiary alicyclic amines) is 1. The van der Waals surface area contributed by atoms with Crippen LogP contribution in [0, 0.1) is 11.3 Å². The van der Waals surface area contributed by atoms with Gasteiger partial charge in [0.05, 0.1) is 23.3 Å². The first-order valence-electron chi connectivity index (χ1n) is 18.6. The summed E-state index contributed by atoms with van der Waals surface area (Å²) in [7, 11) is 0. The smallest absolute Gasteiger partial charge is 0.410 e. The van der Waals surface area contributed by atoms with E-state index in [1.54, 1.807) is 11.1 Å². The molecule has 0 aliphatic carbocycles. The van der Waals surface area contributed by atoms with Crippen molar-refractivity contribution in [1.82, 2.24) is 29.7 Å². The van der Waals surface area contributed by atoms with Gasteiger partial charge in [0, 0.05) is 102 Å². The van der Waals surface area contributed by atoms with Gasteiger partial charge in [-0.2, -0.15) is 10.2 Å². The molecule has 4 aliphatic rings. The highest BCUT2D eigenvalue weighted by atomic mass is 16.6. The third kappa shape index (κ3) is 7.85. The molecule has 2 aromatic heterocycles. The van der Waals surface area contributed by atoms with Crippen LogP contribution in [0.5, 0.6) is 0 Å². The van der Waals surface area contributed by atoms with Crippen molar-refractivity contribution >= 4 is 40.4 Å². The van der Waals surface area contributed by atoms with Crippen LogP contribution >= 0.6 is 0 Å². The fraction of sp³-hybridized carbons (Fsp3) is 0.579. The maximum absolute atomic E-state index is 13.5. The summed E-state index contributed by atoms with van der Waals surface area (Å²) < 4.78 is 12.0. The largest absolute Gasteiger partial charge is 0.444 e. The summed E-state index contributed by atoms with van der Waals surface area (Å²) >= 11 is 0. The molecule has 0 radical (unpaired) electrons. The normalized spacial score (nSPS) is 23.2. The van der Waals surface area contributed by atoms with Gasteiger partial charge in [-0.25, -0.2) is 9.78 Å². The Bertz CT molecular complexity index is 1790. The maximum atomic E-state index is 13.5. The molecular formula is C38H50N10O4. The molecule has 4 fully saturated rings. The Hall–Kier alpha value is -4.74. The van der Waals surface area contributed by atoms with E-state index in [0.717, 1.165) is 74.6 Å². The second kappa shape index (κ2) is 15.1. The molecule has 6 heterocycles. The van der Waals surface area contributed by atoms with Crippen LogP contribution in [0.4, 0.5) is 22.2 Å². The molecule has 276 valence electrons. The van der Waals surface area contributed by atoms with Crippen molar-refractivity contribution in [3.8, 4) is 6.07 Å². The van der Waals surface area contributed by atoms with Crippen molar-refractivity contribution in [1.29, 1.82) is 5.26 Å². The molecule has 4 aliphatic heterocycles. The molecule has 7 rings (SSSR count). The Balaban J connectivity index is 0.909. The lowest BCUT2D eigenvalue weighted by Gasteiger charge is -2.42. The number of piperazine rings is 2. The maximum Gasteiger partial charge on any atom is 0.410 e.